The second-order valence-corrected chi connectivity index (χ2v) is 5.03. The molecule has 0 aliphatic rings. The summed E-state index contributed by atoms with van der Waals surface area (Å²) in [5.41, 5.74) is 0.185. The molecule has 24 heavy (non-hydrogen) atoms. The average molecular weight is 346 g/mol. The van der Waals surface area contributed by atoms with Gasteiger partial charge in [-0.05, 0) is 33.6 Å². The van der Waals surface area contributed by atoms with Gasteiger partial charge in [-0.1, -0.05) is 13.2 Å². The van der Waals surface area contributed by atoms with Gasteiger partial charge in [-0.25, -0.2) is 4.79 Å². The number of allylic oxidation sites excluding steroid dienone is 1. The lowest BCUT2D eigenvalue weighted by molar-refractivity contribution is -0.379. The second-order valence-electron chi connectivity index (χ2n) is 5.03. The summed E-state index contributed by atoms with van der Waals surface area (Å²) in [6.45, 7) is 14.6. The number of aliphatic carboxylic acids is 1. The van der Waals surface area contributed by atoms with Crippen LogP contribution in [0.3, 0.4) is 0 Å². The maximum Gasteiger partial charge on any atom is 0.351 e. The molecule has 0 bridgehead atoms. The highest BCUT2D eigenvalue weighted by atomic mass is 16.9. The minimum atomic E-state index is -1.30. The summed E-state index contributed by atoms with van der Waals surface area (Å²) in [5.74, 6) is -1.80. The van der Waals surface area contributed by atoms with Crippen LogP contribution in [0.5, 0.6) is 0 Å². The van der Waals surface area contributed by atoms with E-state index in [2.05, 4.69) is 13.2 Å². The summed E-state index contributed by atoms with van der Waals surface area (Å²) in [5, 5.41) is 8.68. The Kier molecular flexibility index (Phi) is 12.2. The van der Waals surface area contributed by atoms with Crippen LogP contribution >= 0.6 is 0 Å². The number of ether oxygens (including phenoxy) is 5. The van der Waals surface area contributed by atoms with E-state index in [1.165, 1.54) is 0 Å². The minimum Gasteiger partial charge on any atom is -0.478 e. The lowest BCUT2D eigenvalue weighted by Gasteiger charge is -2.32. The summed E-state index contributed by atoms with van der Waals surface area (Å²) >= 11 is 0. The molecule has 0 fully saturated rings. The zero-order valence-corrected chi connectivity index (χ0v) is 15.0. The van der Waals surface area contributed by atoms with E-state index < -0.39 is 11.9 Å². The molecule has 140 valence electrons. The van der Waals surface area contributed by atoms with Gasteiger partial charge in [0.2, 0.25) is 0 Å². The molecule has 0 amide bonds. The van der Waals surface area contributed by atoms with Gasteiger partial charge in [-0.2, -0.15) is 0 Å². The van der Waals surface area contributed by atoms with Crippen molar-refractivity contribution in [1.82, 2.24) is 0 Å². The SMILES string of the molecule is C=C(C)OC(COCCOCCCC(=C)C(=O)O)(OCC)OCC. The Morgan fingerprint density at radius 1 is 1.04 bits per heavy atom. The van der Waals surface area contributed by atoms with Gasteiger partial charge in [-0.15, -0.1) is 0 Å². The zero-order chi connectivity index (χ0) is 18.4. The lowest BCUT2D eigenvalue weighted by atomic mass is 10.2. The van der Waals surface area contributed by atoms with Gasteiger partial charge in [0.05, 0.1) is 32.2 Å². The molecule has 0 aromatic carbocycles. The minimum absolute atomic E-state index is 0.0840. The third-order valence-electron chi connectivity index (χ3n) is 2.78. The molecule has 0 spiro atoms. The number of hydrogen-bond donors (Lipinski definition) is 1. The fourth-order valence-electron chi connectivity index (χ4n) is 1.83. The number of carboxylic acid groups (broad SMARTS) is 1. The molecule has 0 heterocycles. The summed E-state index contributed by atoms with van der Waals surface area (Å²) in [6, 6.07) is 0. The van der Waals surface area contributed by atoms with Crippen LogP contribution in [0.15, 0.2) is 24.5 Å². The van der Waals surface area contributed by atoms with Gasteiger partial charge < -0.3 is 28.8 Å². The monoisotopic (exact) mass is 346 g/mol. The van der Waals surface area contributed by atoms with Crippen molar-refractivity contribution in [2.24, 2.45) is 0 Å². The lowest BCUT2D eigenvalue weighted by Crippen LogP contribution is -2.43. The largest absolute Gasteiger partial charge is 0.478 e. The Morgan fingerprint density at radius 3 is 2.12 bits per heavy atom. The van der Waals surface area contributed by atoms with E-state index in [1.807, 2.05) is 13.8 Å². The highest BCUT2D eigenvalue weighted by Crippen LogP contribution is 2.19. The predicted octanol–water partition coefficient (Wildman–Crippen LogP) is 2.72. The normalized spacial score (nSPS) is 11.3. The van der Waals surface area contributed by atoms with E-state index in [0.717, 1.165) is 0 Å². The van der Waals surface area contributed by atoms with Crippen molar-refractivity contribution < 1.29 is 33.6 Å². The van der Waals surface area contributed by atoms with Crippen LogP contribution in [0.1, 0.15) is 33.6 Å². The first-order valence-electron chi connectivity index (χ1n) is 8.05. The van der Waals surface area contributed by atoms with E-state index in [1.54, 1.807) is 6.92 Å². The first-order valence-corrected chi connectivity index (χ1v) is 8.05. The van der Waals surface area contributed by atoms with Crippen molar-refractivity contribution in [3.63, 3.8) is 0 Å². The maximum absolute atomic E-state index is 10.6. The van der Waals surface area contributed by atoms with Gasteiger partial charge in [0.15, 0.2) is 0 Å². The maximum atomic E-state index is 10.6. The van der Waals surface area contributed by atoms with E-state index in [0.29, 0.717) is 51.6 Å². The van der Waals surface area contributed by atoms with E-state index in [-0.39, 0.29) is 12.2 Å². The fourth-order valence-corrected chi connectivity index (χ4v) is 1.83. The molecule has 0 aromatic heterocycles. The summed E-state index contributed by atoms with van der Waals surface area (Å²) in [7, 11) is 0. The van der Waals surface area contributed by atoms with Gasteiger partial charge in [0.1, 0.15) is 6.61 Å². The quantitative estimate of drug-likeness (QED) is 0.199. The van der Waals surface area contributed by atoms with Crippen molar-refractivity contribution in [2.45, 2.75) is 39.6 Å². The third-order valence-corrected chi connectivity index (χ3v) is 2.78. The first-order chi connectivity index (χ1) is 11.4. The van der Waals surface area contributed by atoms with E-state index in [9.17, 15) is 4.79 Å². The molecular weight excluding hydrogens is 316 g/mol. The number of carbonyl (C=O) groups is 1. The molecule has 1 N–H and O–H groups in total. The van der Waals surface area contributed by atoms with Crippen LogP contribution in [-0.2, 0) is 28.5 Å². The van der Waals surface area contributed by atoms with Gasteiger partial charge >= 0.3 is 11.9 Å². The van der Waals surface area contributed by atoms with Gasteiger partial charge in [0.25, 0.3) is 0 Å². The highest BCUT2D eigenvalue weighted by Gasteiger charge is 2.34. The third kappa shape index (κ3) is 10.4. The molecule has 0 atom stereocenters. The molecule has 7 heteroatoms. The van der Waals surface area contributed by atoms with Crippen LogP contribution in [0.2, 0.25) is 0 Å². The Balaban J connectivity index is 4.00. The van der Waals surface area contributed by atoms with Crippen molar-refractivity contribution in [3.8, 4) is 0 Å². The van der Waals surface area contributed by atoms with Gasteiger partial charge in [-0.3, -0.25) is 0 Å². The number of carboxylic acids is 1. The molecule has 7 nitrogen and oxygen atoms in total. The van der Waals surface area contributed by atoms with Crippen LogP contribution in [0.25, 0.3) is 0 Å². The molecule has 0 radical (unpaired) electrons. The molecule has 0 aliphatic carbocycles. The molecule has 0 aromatic rings. The molecule has 0 saturated heterocycles. The first kappa shape index (κ1) is 22.6. The average Bonchev–Trinajstić information content (AvgIpc) is 2.49. The number of hydrogen-bond acceptors (Lipinski definition) is 6. The summed E-state index contributed by atoms with van der Waals surface area (Å²) in [4.78, 5) is 10.6. The van der Waals surface area contributed by atoms with Crippen LogP contribution < -0.4 is 0 Å². The predicted molar refractivity (Wildman–Crippen MR) is 89.5 cm³/mol. The van der Waals surface area contributed by atoms with E-state index in [4.69, 9.17) is 28.8 Å². The van der Waals surface area contributed by atoms with Crippen molar-refractivity contribution in [2.75, 3.05) is 39.6 Å². The second kappa shape index (κ2) is 12.9. The van der Waals surface area contributed by atoms with Gasteiger partial charge in [0, 0.05) is 12.2 Å². The summed E-state index contributed by atoms with van der Waals surface area (Å²) in [6.07, 6.45) is 1.01. The van der Waals surface area contributed by atoms with Crippen LogP contribution in [0, 0.1) is 0 Å². The van der Waals surface area contributed by atoms with Crippen LogP contribution in [-0.4, -0.2) is 56.7 Å². The Morgan fingerprint density at radius 2 is 1.62 bits per heavy atom. The molecule has 0 saturated carbocycles. The zero-order valence-electron chi connectivity index (χ0n) is 15.0. The Labute approximate surface area is 144 Å². The fraction of sp³-hybridized carbons (Fsp3) is 0.706. The summed E-state index contributed by atoms with van der Waals surface area (Å²) < 4.78 is 27.5. The number of rotatable bonds is 16. The van der Waals surface area contributed by atoms with Crippen molar-refractivity contribution >= 4 is 5.97 Å². The molecule has 0 aliphatic heterocycles. The molecular formula is C17H30O7. The standard InChI is InChI=1S/C17H30O7/c1-6-22-17(23-7-2,24-14(3)4)13-21-12-11-20-10-8-9-15(5)16(18)19/h3,5-13H2,1-2,4H3,(H,18,19). The molecule has 0 rings (SSSR count). The Hall–Kier alpha value is -1.41. The topological polar surface area (TPSA) is 83.5 Å². The molecule has 0 unspecified atom stereocenters. The van der Waals surface area contributed by atoms with Crippen LogP contribution in [0.4, 0.5) is 0 Å². The highest BCUT2D eigenvalue weighted by molar-refractivity contribution is 5.85. The van der Waals surface area contributed by atoms with Crippen molar-refractivity contribution in [1.29, 1.82) is 0 Å². The van der Waals surface area contributed by atoms with E-state index >= 15 is 0 Å². The smallest absolute Gasteiger partial charge is 0.351 e. The Bertz CT molecular complexity index is 386. The van der Waals surface area contributed by atoms with Crippen molar-refractivity contribution in [3.05, 3.63) is 24.5 Å².